The Morgan fingerprint density at radius 2 is 1.11 bits per heavy atom. The second-order valence-corrected chi connectivity index (χ2v) is 13.2. The van der Waals surface area contributed by atoms with E-state index in [-0.39, 0.29) is 5.41 Å². The van der Waals surface area contributed by atoms with Gasteiger partial charge in [0.05, 0.1) is 0 Å². The Balaban J connectivity index is 1.48. The molecule has 27 heavy (non-hydrogen) atoms. The maximum absolute atomic E-state index is 13.6. The average Bonchev–Trinajstić information content (AvgIpc) is 2.51. The average molecular weight is 374 g/mol. The number of hydrogen-bond acceptors (Lipinski definition) is 1. The highest BCUT2D eigenvalue weighted by atomic mass is 16.2. The fraction of sp³-hybridized carbons (Fsp3) is 0.960. The maximum atomic E-state index is 13.6. The predicted octanol–water partition coefficient (Wildman–Crippen LogP) is 6.20. The minimum atomic E-state index is 0.000650. The summed E-state index contributed by atoms with van der Waals surface area (Å²) in [6.07, 6.45) is 11.4. The lowest BCUT2D eigenvalue weighted by atomic mass is 9.49. The van der Waals surface area contributed by atoms with Gasteiger partial charge in [-0.05, 0) is 98.2 Å². The highest BCUT2D eigenvalue weighted by molar-refractivity contribution is 5.83. The van der Waals surface area contributed by atoms with Gasteiger partial charge in [0, 0.05) is 11.5 Å². The third-order valence-electron chi connectivity index (χ3n) is 9.01. The summed E-state index contributed by atoms with van der Waals surface area (Å²) in [7, 11) is 0. The zero-order chi connectivity index (χ0) is 19.6. The molecule has 5 saturated carbocycles. The molecule has 2 unspecified atom stereocenters. The van der Waals surface area contributed by atoms with Crippen molar-refractivity contribution in [1.29, 1.82) is 0 Å². The number of rotatable bonds is 2. The van der Waals surface area contributed by atoms with Crippen molar-refractivity contribution in [3.05, 3.63) is 0 Å². The fourth-order valence-corrected chi connectivity index (χ4v) is 7.58. The van der Waals surface area contributed by atoms with Crippen LogP contribution in [0, 0.1) is 45.8 Å². The quantitative estimate of drug-likeness (QED) is 0.614. The number of amides is 1. The summed E-state index contributed by atoms with van der Waals surface area (Å²) in [5, 5.41) is 3.64. The largest absolute Gasteiger partial charge is 0.353 e. The molecule has 4 bridgehead atoms. The molecule has 0 heterocycles. The maximum Gasteiger partial charge on any atom is 0.226 e. The molecule has 0 radical (unpaired) electrons. The third-order valence-corrected chi connectivity index (χ3v) is 9.01. The Morgan fingerprint density at radius 3 is 1.48 bits per heavy atom. The molecule has 5 aliphatic carbocycles. The van der Waals surface area contributed by atoms with Gasteiger partial charge in [-0.25, -0.2) is 0 Å². The van der Waals surface area contributed by atoms with E-state index >= 15 is 0 Å². The molecular weight excluding hydrogens is 330 g/mol. The van der Waals surface area contributed by atoms with Crippen molar-refractivity contribution in [2.75, 3.05) is 0 Å². The summed E-state index contributed by atoms with van der Waals surface area (Å²) in [4.78, 5) is 13.6. The number of hydrogen-bond donors (Lipinski definition) is 1. The first-order valence-corrected chi connectivity index (χ1v) is 11.8. The van der Waals surface area contributed by atoms with Crippen LogP contribution >= 0.6 is 0 Å². The van der Waals surface area contributed by atoms with E-state index in [1.165, 1.54) is 57.8 Å². The molecule has 1 N–H and O–H groups in total. The van der Waals surface area contributed by atoms with E-state index < -0.39 is 0 Å². The molecule has 0 aromatic carbocycles. The van der Waals surface area contributed by atoms with E-state index in [1.807, 2.05) is 0 Å². The van der Waals surface area contributed by atoms with Crippen LogP contribution in [0.25, 0.3) is 0 Å². The second-order valence-electron chi connectivity index (χ2n) is 13.2. The molecule has 5 fully saturated rings. The third kappa shape index (κ3) is 3.84. The molecular formula is C25H43NO. The summed E-state index contributed by atoms with van der Waals surface area (Å²) in [5.41, 5.74) is 0.655. The number of carbonyl (C=O) groups is 1. The first-order chi connectivity index (χ1) is 12.4. The summed E-state index contributed by atoms with van der Waals surface area (Å²) < 4.78 is 0. The van der Waals surface area contributed by atoms with E-state index in [9.17, 15) is 4.79 Å². The Bertz CT molecular complexity index is 521. The van der Waals surface area contributed by atoms with Crippen molar-refractivity contribution in [2.24, 2.45) is 45.8 Å². The summed E-state index contributed by atoms with van der Waals surface area (Å²) in [6, 6.07) is 0.382. The van der Waals surface area contributed by atoms with E-state index in [2.05, 4.69) is 46.9 Å². The molecule has 2 nitrogen and oxygen atoms in total. The van der Waals surface area contributed by atoms with Crippen LogP contribution in [0.15, 0.2) is 0 Å². The molecule has 5 rings (SSSR count). The Hall–Kier alpha value is -0.530. The molecule has 5 aliphatic rings. The van der Waals surface area contributed by atoms with E-state index in [0.29, 0.717) is 34.6 Å². The van der Waals surface area contributed by atoms with Crippen LogP contribution in [0.5, 0.6) is 0 Å². The molecule has 2 heteroatoms. The number of carbonyl (C=O) groups excluding carboxylic acids is 1. The summed E-state index contributed by atoms with van der Waals surface area (Å²) in [6.45, 7) is 14.3. The molecule has 1 amide bonds. The second kappa shape index (κ2) is 6.49. The van der Waals surface area contributed by atoms with Crippen molar-refractivity contribution < 1.29 is 4.79 Å². The molecule has 0 aromatic heterocycles. The molecule has 0 saturated heterocycles. The lowest BCUT2D eigenvalue weighted by Gasteiger charge is -2.56. The zero-order valence-corrected chi connectivity index (χ0v) is 18.7. The van der Waals surface area contributed by atoms with Gasteiger partial charge in [-0.15, -0.1) is 0 Å². The molecule has 0 aliphatic heterocycles. The monoisotopic (exact) mass is 373 g/mol. The van der Waals surface area contributed by atoms with Gasteiger partial charge in [0.1, 0.15) is 0 Å². The van der Waals surface area contributed by atoms with Crippen molar-refractivity contribution in [2.45, 2.75) is 105 Å². The predicted molar refractivity (Wildman–Crippen MR) is 112 cm³/mol. The Morgan fingerprint density at radius 1 is 0.704 bits per heavy atom. The van der Waals surface area contributed by atoms with Gasteiger partial charge in [0.15, 0.2) is 0 Å². The van der Waals surface area contributed by atoms with Gasteiger partial charge in [-0.1, -0.05) is 41.5 Å². The highest BCUT2D eigenvalue weighted by Gasteiger charge is 2.55. The smallest absolute Gasteiger partial charge is 0.226 e. The van der Waals surface area contributed by atoms with Gasteiger partial charge in [0.2, 0.25) is 5.91 Å². The summed E-state index contributed by atoms with van der Waals surface area (Å²) in [5.74, 6) is 4.39. The fourth-order valence-electron chi connectivity index (χ4n) is 7.58. The van der Waals surface area contributed by atoms with Crippen LogP contribution in [0.2, 0.25) is 0 Å². The summed E-state index contributed by atoms with van der Waals surface area (Å²) >= 11 is 0. The normalized spacial score (nSPS) is 44.4. The van der Waals surface area contributed by atoms with Gasteiger partial charge in [-0.3, -0.25) is 4.79 Å². The van der Waals surface area contributed by atoms with E-state index in [4.69, 9.17) is 0 Å². The zero-order valence-electron chi connectivity index (χ0n) is 18.7. The van der Waals surface area contributed by atoms with Gasteiger partial charge in [0.25, 0.3) is 0 Å². The Labute approximate surface area is 167 Å². The van der Waals surface area contributed by atoms with Crippen molar-refractivity contribution in [1.82, 2.24) is 5.32 Å². The topological polar surface area (TPSA) is 29.1 Å². The van der Waals surface area contributed by atoms with E-state index in [1.54, 1.807) is 0 Å². The van der Waals surface area contributed by atoms with E-state index in [0.717, 1.165) is 17.8 Å². The highest BCUT2D eigenvalue weighted by Crippen LogP contribution is 2.60. The van der Waals surface area contributed by atoms with Crippen molar-refractivity contribution in [3.8, 4) is 0 Å². The molecule has 0 spiro atoms. The standard InChI is InChI=1S/C25H43NO/c1-23(2,3)19-10-20(24(4,5)6)12-21(11-19)26-22(27)25-13-16-7-17(14-25)9-18(8-16)15-25/h16-21H,7-15H2,1-6H3,(H,26,27). The van der Waals surface area contributed by atoms with Crippen molar-refractivity contribution in [3.63, 3.8) is 0 Å². The van der Waals surface area contributed by atoms with Crippen molar-refractivity contribution >= 4 is 5.91 Å². The first kappa shape index (κ1) is 19.8. The molecule has 154 valence electrons. The van der Waals surface area contributed by atoms with Gasteiger partial charge < -0.3 is 5.32 Å². The SMILES string of the molecule is CC(C)(C)C1CC(NC(=O)C23CC4CC(CC(C4)C2)C3)CC(C(C)(C)C)C1. The van der Waals surface area contributed by atoms with Crippen LogP contribution in [-0.2, 0) is 4.79 Å². The Kier molecular flexibility index (Phi) is 4.75. The first-order valence-electron chi connectivity index (χ1n) is 11.8. The molecule has 2 atom stereocenters. The minimum absolute atomic E-state index is 0.000650. The minimum Gasteiger partial charge on any atom is -0.353 e. The van der Waals surface area contributed by atoms with Gasteiger partial charge >= 0.3 is 0 Å². The van der Waals surface area contributed by atoms with Crippen LogP contribution in [0.3, 0.4) is 0 Å². The van der Waals surface area contributed by atoms with Crippen LogP contribution in [-0.4, -0.2) is 11.9 Å². The lowest BCUT2D eigenvalue weighted by Crippen LogP contribution is -2.56. The lowest BCUT2D eigenvalue weighted by molar-refractivity contribution is -0.147. The van der Waals surface area contributed by atoms with Gasteiger partial charge in [-0.2, -0.15) is 0 Å². The van der Waals surface area contributed by atoms with Crippen LogP contribution in [0.1, 0.15) is 99.3 Å². The number of nitrogens with one attached hydrogen (secondary N) is 1. The van der Waals surface area contributed by atoms with Crippen LogP contribution < -0.4 is 5.32 Å². The van der Waals surface area contributed by atoms with Crippen LogP contribution in [0.4, 0.5) is 0 Å². The molecule has 0 aromatic rings.